The second-order valence-corrected chi connectivity index (χ2v) is 9.18. The number of aryl methyl sites for hydroxylation is 1. The Morgan fingerprint density at radius 3 is 2.69 bits per heavy atom. The van der Waals surface area contributed by atoms with E-state index in [4.69, 9.17) is 0 Å². The molecule has 2 aromatic carbocycles. The maximum Gasteiger partial charge on any atom is 0.255 e. The summed E-state index contributed by atoms with van der Waals surface area (Å²) in [6.07, 6.45) is 3.49. The van der Waals surface area contributed by atoms with E-state index >= 15 is 0 Å². The molecule has 26 heavy (non-hydrogen) atoms. The fourth-order valence-corrected chi connectivity index (χ4v) is 5.14. The number of carbonyl (C=O) groups excluding carboxylic acids is 1. The summed E-state index contributed by atoms with van der Waals surface area (Å²) in [6.45, 7) is 2.33. The van der Waals surface area contributed by atoms with Crippen molar-refractivity contribution in [2.24, 2.45) is 0 Å². The second-order valence-electron chi connectivity index (χ2n) is 6.28. The van der Waals surface area contributed by atoms with E-state index in [1.807, 2.05) is 37.4 Å². The molecule has 0 radical (unpaired) electrons. The van der Waals surface area contributed by atoms with Crippen LogP contribution in [0.2, 0.25) is 0 Å². The molecule has 5 nitrogen and oxygen atoms in total. The minimum atomic E-state index is -3.31. The molecule has 7 heteroatoms. The summed E-state index contributed by atoms with van der Waals surface area (Å²) in [5.41, 5.74) is 2.60. The van der Waals surface area contributed by atoms with Gasteiger partial charge in [0.05, 0.1) is 11.4 Å². The minimum Gasteiger partial charge on any atom is -0.322 e. The zero-order valence-corrected chi connectivity index (χ0v) is 16.5. The standard InChI is InChI=1S/C19H22N2O3S2/c1-14-8-9-15(12-18(14)21-10-3-4-11-26(21,23)24)19(22)20-16-6-5-7-17(13-16)25-2/h5-9,12-13H,3-4,10-11H2,1-2H3,(H,20,22). The predicted molar refractivity (Wildman–Crippen MR) is 108 cm³/mol. The molecule has 1 amide bonds. The van der Waals surface area contributed by atoms with Crippen molar-refractivity contribution in [1.82, 2.24) is 0 Å². The lowest BCUT2D eigenvalue weighted by Gasteiger charge is -2.29. The third-order valence-electron chi connectivity index (χ3n) is 4.42. The first-order valence-electron chi connectivity index (χ1n) is 8.47. The zero-order valence-electron chi connectivity index (χ0n) is 14.9. The molecular formula is C19H22N2O3S2. The van der Waals surface area contributed by atoms with E-state index in [0.717, 1.165) is 22.6 Å². The van der Waals surface area contributed by atoms with Crippen LogP contribution in [-0.2, 0) is 10.0 Å². The van der Waals surface area contributed by atoms with Crippen molar-refractivity contribution in [3.63, 3.8) is 0 Å². The number of carbonyl (C=O) groups is 1. The number of rotatable bonds is 4. The van der Waals surface area contributed by atoms with Gasteiger partial charge in [-0.3, -0.25) is 9.10 Å². The number of hydrogen-bond donors (Lipinski definition) is 1. The number of nitrogens with one attached hydrogen (secondary N) is 1. The lowest BCUT2D eigenvalue weighted by Crippen LogP contribution is -2.38. The highest BCUT2D eigenvalue weighted by atomic mass is 32.2. The number of amides is 1. The molecule has 0 aromatic heterocycles. The van der Waals surface area contributed by atoms with Gasteiger partial charge < -0.3 is 5.32 Å². The maximum absolute atomic E-state index is 12.6. The van der Waals surface area contributed by atoms with Crippen LogP contribution in [0.4, 0.5) is 11.4 Å². The molecule has 2 aromatic rings. The largest absolute Gasteiger partial charge is 0.322 e. The lowest BCUT2D eigenvalue weighted by atomic mass is 10.1. The van der Waals surface area contributed by atoms with Crippen LogP contribution < -0.4 is 9.62 Å². The van der Waals surface area contributed by atoms with Gasteiger partial charge in [-0.05, 0) is 61.9 Å². The summed E-state index contributed by atoms with van der Waals surface area (Å²) in [5.74, 6) is -0.0939. The number of sulfonamides is 1. The molecule has 0 saturated carbocycles. The third kappa shape index (κ3) is 4.04. The summed E-state index contributed by atoms with van der Waals surface area (Å²) in [7, 11) is -3.31. The molecule has 0 unspecified atom stereocenters. The molecule has 0 aliphatic carbocycles. The van der Waals surface area contributed by atoms with E-state index in [2.05, 4.69) is 5.32 Å². The number of benzene rings is 2. The SMILES string of the molecule is CSc1cccc(NC(=O)c2ccc(C)c(N3CCCCS3(=O)=O)c2)c1. The van der Waals surface area contributed by atoms with Crippen LogP contribution in [0.3, 0.4) is 0 Å². The Morgan fingerprint density at radius 1 is 1.15 bits per heavy atom. The fraction of sp³-hybridized carbons (Fsp3) is 0.316. The lowest BCUT2D eigenvalue weighted by molar-refractivity contribution is 0.102. The number of anilines is 2. The smallest absolute Gasteiger partial charge is 0.255 e. The van der Waals surface area contributed by atoms with E-state index in [1.165, 1.54) is 4.31 Å². The number of thioether (sulfide) groups is 1. The number of hydrogen-bond acceptors (Lipinski definition) is 4. The Bertz CT molecular complexity index is 926. The molecule has 0 bridgehead atoms. The van der Waals surface area contributed by atoms with Crippen LogP contribution >= 0.6 is 11.8 Å². The van der Waals surface area contributed by atoms with Gasteiger partial charge in [0, 0.05) is 22.7 Å². The first kappa shape index (κ1) is 18.8. The van der Waals surface area contributed by atoms with Gasteiger partial charge in [0.2, 0.25) is 10.0 Å². The van der Waals surface area contributed by atoms with Crippen LogP contribution in [0.1, 0.15) is 28.8 Å². The van der Waals surface area contributed by atoms with Crippen molar-refractivity contribution in [2.75, 3.05) is 28.2 Å². The van der Waals surface area contributed by atoms with Crippen molar-refractivity contribution < 1.29 is 13.2 Å². The molecule has 1 aliphatic rings. The van der Waals surface area contributed by atoms with Gasteiger partial charge in [0.15, 0.2) is 0 Å². The van der Waals surface area contributed by atoms with Crippen LogP contribution in [-0.4, -0.2) is 32.9 Å². The van der Waals surface area contributed by atoms with Crippen LogP contribution in [0, 0.1) is 6.92 Å². The molecule has 1 aliphatic heterocycles. The van der Waals surface area contributed by atoms with Crippen molar-refractivity contribution in [3.05, 3.63) is 53.6 Å². The van der Waals surface area contributed by atoms with E-state index in [1.54, 1.807) is 30.0 Å². The Morgan fingerprint density at radius 2 is 1.96 bits per heavy atom. The Labute approximate surface area is 158 Å². The predicted octanol–water partition coefficient (Wildman–Crippen LogP) is 3.90. The van der Waals surface area contributed by atoms with Gasteiger partial charge in [-0.2, -0.15) is 0 Å². The summed E-state index contributed by atoms with van der Waals surface area (Å²) in [4.78, 5) is 13.7. The van der Waals surface area contributed by atoms with Crippen molar-refractivity contribution in [3.8, 4) is 0 Å². The van der Waals surface area contributed by atoms with Gasteiger partial charge >= 0.3 is 0 Å². The maximum atomic E-state index is 12.6. The van der Waals surface area contributed by atoms with Gasteiger partial charge in [-0.25, -0.2) is 8.42 Å². The molecule has 0 atom stereocenters. The molecule has 1 N–H and O–H groups in total. The Balaban J connectivity index is 1.88. The van der Waals surface area contributed by atoms with E-state index in [-0.39, 0.29) is 11.7 Å². The summed E-state index contributed by atoms with van der Waals surface area (Å²) < 4.78 is 26.2. The molecule has 1 fully saturated rings. The highest BCUT2D eigenvalue weighted by molar-refractivity contribution is 7.98. The molecule has 3 rings (SSSR count). The van der Waals surface area contributed by atoms with Gasteiger partial charge in [0.1, 0.15) is 0 Å². The van der Waals surface area contributed by atoms with Crippen LogP contribution in [0.25, 0.3) is 0 Å². The van der Waals surface area contributed by atoms with Crippen molar-refractivity contribution in [1.29, 1.82) is 0 Å². The molecule has 1 saturated heterocycles. The second kappa shape index (κ2) is 7.72. The highest BCUT2D eigenvalue weighted by Gasteiger charge is 2.27. The molecular weight excluding hydrogens is 368 g/mol. The molecule has 0 spiro atoms. The van der Waals surface area contributed by atoms with Crippen LogP contribution in [0.15, 0.2) is 47.4 Å². The molecule has 1 heterocycles. The zero-order chi connectivity index (χ0) is 18.7. The van der Waals surface area contributed by atoms with Crippen LogP contribution in [0.5, 0.6) is 0 Å². The van der Waals surface area contributed by atoms with Gasteiger partial charge in [0.25, 0.3) is 5.91 Å². The topological polar surface area (TPSA) is 66.5 Å². The van der Waals surface area contributed by atoms with E-state index in [9.17, 15) is 13.2 Å². The van der Waals surface area contributed by atoms with E-state index < -0.39 is 10.0 Å². The van der Waals surface area contributed by atoms with Crippen molar-refractivity contribution >= 4 is 39.1 Å². The average Bonchev–Trinajstić information content (AvgIpc) is 2.62. The summed E-state index contributed by atoms with van der Waals surface area (Å²) >= 11 is 1.60. The minimum absolute atomic E-state index is 0.157. The normalized spacial score (nSPS) is 16.3. The number of nitrogens with zero attached hydrogens (tertiary/aromatic N) is 1. The Kier molecular flexibility index (Phi) is 5.58. The summed E-state index contributed by atoms with van der Waals surface area (Å²) in [5, 5.41) is 2.88. The monoisotopic (exact) mass is 390 g/mol. The quantitative estimate of drug-likeness (QED) is 0.804. The molecule has 138 valence electrons. The van der Waals surface area contributed by atoms with Crippen molar-refractivity contribution in [2.45, 2.75) is 24.7 Å². The average molecular weight is 391 g/mol. The van der Waals surface area contributed by atoms with Gasteiger partial charge in [-0.15, -0.1) is 11.8 Å². The van der Waals surface area contributed by atoms with Gasteiger partial charge in [-0.1, -0.05) is 12.1 Å². The fourth-order valence-electron chi connectivity index (χ4n) is 2.98. The Hall–Kier alpha value is -1.99. The first-order valence-corrected chi connectivity index (χ1v) is 11.3. The highest BCUT2D eigenvalue weighted by Crippen LogP contribution is 2.28. The first-order chi connectivity index (χ1) is 12.4. The van der Waals surface area contributed by atoms with E-state index in [0.29, 0.717) is 24.2 Å². The summed E-state index contributed by atoms with van der Waals surface area (Å²) in [6, 6.07) is 12.8. The third-order valence-corrected chi connectivity index (χ3v) is 7.00.